The second-order valence-electron chi connectivity index (χ2n) is 3.57. The van der Waals surface area contributed by atoms with Gasteiger partial charge in [-0.15, -0.1) is 0 Å². The molecule has 0 aliphatic carbocycles. The molecule has 2 aromatic rings. The first-order valence-corrected chi connectivity index (χ1v) is 7.44. The van der Waals surface area contributed by atoms with Crippen LogP contribution in [0.4, 0.5) is 0 Å². The van der Waals surface area contributed by atoms with Crippen molar-refractivity contribution < 1.29 is 19.2 Å². The fourth-order valence-electron chi connectivity index (χ4n) is 1.54. The summed E-state index contributed by atoms with van der Waals surface area (Å²) in [7, 11) is 0. The molecule has 0 atom stereocenters. The van der Waals surface area contributed by atoms with Gasteiger partial charge in [-0.3, -0.25) is 0 Å². The van der Waals surface area contributed by atoms with Gasteiger partial charge in [-0.1, -0.05) is 0 Å². The maximum absolute atomic E-state index is 2.23. The quantitative estimate of drug-likeness (QED) is 0.705. The molecule has 15 heavy (non-hydrogen) atoms. The molecule has 0 spiro atoms. The van der Waals surface area contributed by atoms with Crippen LogP contribution < -0.4 is 0 Å². The zero-order chi connectivity index (χ0) is 10.3. The Labute approximate surface area is 100 Å². The van der Waals surface area contributed by atoms with E-state index in [0.717, 1.165) is 0 Å². The fourth-order valence-corrected chi connectivity index (χ4v) is 3.38. The van der Waals surface area contributed by atoms with Crippen molar-refractivity contribution in [1.29, 1.82) is 0 Å². The molecule has 0 nitrogen and oxygen atoms in total. The van der Waals surface area contributed by atoms with E-state index in [1.807, 2.05) is 0 Å². The first-order chi connectivity index (χ1) is 7.45. The van der Waals surface area contributed by atoms with E-state index in [2.05, 4.69) is 60.7 Å². The molecule has 0 heterocycles. The average molecular weight is 230 g/mol. The van der Waals surface area contributed by atoms with Crippen LogP contribution in [0.2, 0.25) is 0 Å². The Morgan fingerprint density at radius 3 is 1.40 bits per heavy atom. The summed E-state index contributed by atoms with van der Waals surface area (Å²) in [5, 5.41) is 0. The Balaban J connectivity index is 1.81. The van der Waals surface area contributed by atoms with Crippen LogP contribution in [0.3, 0.4) is 0 Å². The van der Waals surface area contributed by atoms with Crippen LogP contribution in [0.25, 0.3) is 0 Å². The summed E-state index contributed by atoms with van der Waals surface area (Å²) >= 11 is 0.136. The molecule has 0 fully saturated rings. The van der Waals surface area contributed by atoms with E-state index in [1.165, 1.54) is 20.6 Å². The van der Waals surface area contributed by atoms with Crippen molar-refractivity contribution in [1.82, 2.24) is 0 Å². The number of benzene rings is 2. The van der Waals surface area contributed by atoms with Crippen LogP contribution in [0.1, 0.15) is 11.1 Å². The van der Waals surface area contributed by atoms with Gasteiger partial charge in [0, 0.05) is 0 Å². The molecule has 0 aromatic heterocycles. The van der Waals surface area contributed by atoms with Crippen molar-refractivity contribution in [3.63, 3.8) is 0 Å². The van der Waals surface area contributed by atoms with Crippen molar-refractivity contribution in [2.45, 2.75) is 9.45 Å². The molecule has 0 radical (unpaired) electrons. The van der Waals surface area contributed by atoms with Crippen molar-refractivity contribution in [3.8, 4) is 0 Å². The summed E-state index contributed by atoms with van der Waals surface area (Å²) in [6.45, 7) is 0. The van der Waals surface area contributed by atoms with E-state index in [0.29, 0.717) is 0 Å². The van der Waals surface area contributed by atoms with Gasteiger partial charge in [-0.2, -0.15) is 0 Å². The van der Waals surface area contributed by atoms with E-state index in [-0.39, 0.29) is 19.2 Å². The monoisotopic (exact) mass is 230 g/mol. The van der Waals surface area contributed by atoms with Gasteiger partial charge in [0.05, 0.1) is 0 Å². The Hall–Kier alpha value is -0.846. The number of hydrogen-bond acceptors (Lipinski definition) is 0. The molecule has 0 N–H and O–H groups in total. The van der Waals surface area contributed by atoms with Crippen LogP contribution >= 0.6 is 0 Å². The molecule has 1 heteroatoms. The predicted molar refractivity (Wildman–Crippen MR) is 60.3 cm³/mol. The van der Waals surface area contributed by atoms with E-state index >= 15 is 0 Å². The Morgan fingerprint density at radius 2 is 1.00 bits per heavy atom. The molecule has 0 aliphatic rings. The zero-order valence-electron chi connectivity index (χ0n) is 8.69. The second kappa shape index (κ2) is 5.90. The Morgan fingerprint density at radius 1 is 0.600 bits per heavy atom. The minimum atomic E-state index is 0.136. The zero-order valence-corrected chi connectivity index (χ0v) is 10.2. The molecule has 0 aliphatic heterocycles. The minimum absolute atomic E-state index is 0.136. The van der Waals surface area contributed by atoms with Crippen LogP contribution in [-0.4, -0.2) is 0 Å². The molecule has 74 valence electrons. The van der Waals surface area contributed by atoms with Crippen LogP contribution in [-0.2, 0) is 28.6 Å². The van der Waals surface area contributed by atoms with E-state index in [9.17, 15) is 0 Å². The summed E-state index contributed by atoms with van der Waals surface area (Å²) < 4.78 is 2.60. The van der Waals surface area contributed by atoms with Gasteiger partial charge in [-0.05, 0) is 0 Å². The normalized spacial score (nSPS) is 9.87. The van der Waals surface area contributed by atoms with Gasteiger partial charge < -0.3 is 0 Å². The number of rotatable bonds is 4. The summed E-state index contributed by atoms with van der Waals surface area (Å²) in [4.78, 5) is 0. The first kappa shape index (κ1) is 10.7. The predicted octanol–water partition coefficient (Wildman–Crippen LogP) is 3.47. The average Bonchev–Trinajstić information content (AvgIpc) is 2.32. The van der Waals surface area contributed by atoms with Crippen molar-refractivity contribution in [2.24, 2.45) is 0 Å². The molecule has 2 rings (SSSR count). The van der Waals surface area contributed by atoms with Crippen molar-refractivity contribution in [2.75, 3.05) is 0 Å². The third kappa shape index (κ3) is 3.66. The molecular formula is C14H14Ti. The molecule has 2 aromatic carbocycles. The van der Waals surface area contributed by atoms with Gasteiger partial charge in [0.2, 0.25) is 0 Å². The van der Waals surface area contributed by atoms with E-state index in [4.69, 9.17) is 0 Å². The third-order valence-electron chi connectivity index (χ3n) is 2.34. The van der Waals surface area contributed by atoms with Crippen molar-refractivity contribution in [3.05, 3.63) is 71.8 Å². The van der Waals surface area contributed by atoms with Gasteiger partial charge in [0.15, 0.2) is 0 Å². The fraction of sp³-hybridized carbons (Fsp3) is 0.143. The summed E-state index contributed by atoms with van der Waals surface area (Å²) in [5.41, 5.74) is 2.99. The third-order valence-corrected chi connectivity index (χ3v) is 4.40. The van der Waals surface area contributed by atoms with Crippen molar-refractivity contribution >= 4 is 0 Å². The maximum atomic E-state index is 2.23. The molecule has 0 saturated heterocycles. The van der Waals surface area contributed by atoms with E-state index < -0.39 is 0 Å². The van der Waals surface area contributed by atoms with Crippen LogP contribution in [0, 0.1) is 0 Å². The second-order valence-corrected chi connectivity index (χ2v) is 5.46. The molecular weight excluding hydrogens is 216 g/mol. The molecule has 0 bridgehead atoms. The Bertz CT molecular complexity index is 341. The summed E-state index contributed by atoms with van der Waals surface area (Å²) in [6.07, 6.45) is 0. The summed E-state index contributed by atoms with van der Waals surface area (Å²) in [6, 6.07) is 21.6. The molecule has 0 saturated carbocycles. The topological polar surface area (TPSA) is 0 Å². The van der Waals surface area contributed by atoms with Gasteiger partial charge in [0.25, 0.3) is 0 Å². The molecule has 0 unspecified atom stereocenters. The standard InChI is InChI=1S/2C7H7.Ti/c2*1-7-5-3-2-4-6-7;/h2*2-6H,1H2;. The first-order valence-electron chi connectivity index (χ1n) is 5.24. The van der Waals surface area contributed by atoms with Crippen LogP contribution in [0.5, 0.6) is 0 Å². The Kier molecular flexibility index (Phi) is 4.19. The summed E-state index contributed by atoms with van der Waals surface area (Å²) in [5.74, 6) is 0. The SMILES string of the molecule is c1ccc([CH2][Ti][CH2]c2ccccc2)cc1. The van der Waals surface area contributed by atoms with E-state index in [1.54, 1.807) is 0 Å². The van der Waals surface area contributed by atoms with Crippen LogP contribution in [0.15, 0.2) is 60.7 Å². The van der Waals surface area contributed by atoms with Gasteiger partial charge in [0.1, 0.15) is 0 Å². The molecule has 0 amide bonds. The van der Waals surface area contributed by atoms with Gasteiger partial charge >= 0.3 is 100 Å². The number of hydrogen-bond donors (Lipinski definition) is 0. The van der Waals surface area contributed by atoms with Gasteiger partial charge in [-0.25, -0.2) is 0 Å².